The van der Waals surface area contributed by atoms with Gasteiger partial charge in [-0.05, 0) is 52.5 Å². The number of carbonyl (C=O) groups excluding carboxylic acids is 2. The van der Waals surface area contributed by atoms with Gasteiger partial charge in [0.2, 0.25) is 5.91 Å². The molecule has 0 unspecified atom stereocenters. The highest BCUT2D eigenvalue weighted by Crippen LogP contribution is 2.46. The molecule has 208 valence electrons. The van der Waals surface area contributed by atoms with Gasteiger partial charge in [0.1, 0.15) is 23.9 Å². The number of hydrogen-bond donors (Lipinski definition) is 2. The van der Waals surface area contributed by atoms with Crippen LogP contribution in [-0.2, 0) is 33.3 Å². The van der Waals surface area contributed by atoms with Crippen molar-refractivity contribution in [1.82, 2.24) is 5.32 Å². The van der Waals surface area contributed by atoms with Crippen molar-refractivity contribution in [2.45, 2.75) is 109 Å². The Kier molecular flexibility index (Phi) is 9.74. The number of nitrogens with one attached hydrogen (secondary N) is 1. The van der Waals surface area contributed by atoms with Crippen molar-refractivity contribution in [1.29, 1.82) is 0 Å². The summed E-state index contributed by atoms with van der Waals surface area (Å²) < 4.78 is 28.4. The minimum atomic E-state index is -0.799. The molecule has 9 atom stereocenters. The van der Waals surface area contributed by atoms with E-state index >= 15 is 0 Å². The molecule has 2 N–H and O–H groups in total. The van der Waals surface area contributed by atoms with Crippen LogP contribution in [-0.4, -0.2) is 78.6 Å². The van der Waals surface area contributed by atoms with Crippen molar-refractivity contribution in [3.63, 3.8) is 0 Å². The van der Waals surface area contributed by atoms with Crippen LogP contribution in [0.15, 0.2) is 36.0 Å². The van der Waals surface area contributed by atoms with E-state index in [-0.39, 0.29) is 36.0 Å². The first kappa shape index (κ1) is 29.5. The zero-order chi connectivity index (χ0) is 27.4. The number of epoxide rings is 1. The Morgan fingerprint density at radius 1 is 1.24 bits per heavy atom. The summed E-state index contributed by atoms with van der Waals surface area (Å²) in [4.78, 5) is 23.3. The van der Waals surface area contributed by atoms with Crippen molar-refractivity contribution in [3.05, 3.63) is 36.0 Å². The molecule has 3 heterocycles. The van der Waals surface area contributed by atoms with Gasteiger partial charge in [-0.3, -0.25) is 9.59 Å². The maximum absolute atomic E-state index is 12.3. The first-order valence-electron chi connectivity index (χ1n) is 13.1. The molecule has 3 fully saturated rings. The van der Waals surface area contributed by atoms with Gasteiger partial charge in [0.05, 0.1) is 24.9 Å². The lowest BCUT2D eigenvalue weighted by molar-refractivity contribution is -0.284. The van der Waals surface area contributed by atoms with Crippen molar-refractivity contribution in [3.8, 4) is 0 Å². The number of hydrogen-bond acceptors (Lipinski definition) is 8. The molecule has 9 nitrogen and oxygen atoms in total. The van der Waals surface area contributed by atoms with E-state index in [4.69, 9.17) is 23.7 Å². The van der Waals surface area contributed by atoms with E-state index in [1.54, 1.807) is 20.1 Å². The van der Waals surface area contributed by atoms with Gasteiger partial charge >= 0.3 is 5.97 Å². The minimum absolute atomic E-state index is 0.0301. The molecule has 0 aromatic heterocycles. The summed E-state index contributed by atoms with van der Waals surface area (Å²) in [5.41, 5.74) is 0.455. The molecule has 3 aliphatic rings. The number of aliphatic hydroxyl groups excluding tert-OH is 1. The molecule has 1 amide bonds. The quantitative estimate of drug-likeness (QED) is 0.206. The second kappa shape index (κ2) is 12.2. The second-order valence-electron chi connectivity index (χ2n) is 10.8. The molecule has 9 heteroatoms. The molecule has 3 rings (SSSR count). The number of rotatable bonds is 9. The average molecular weight is 522 g/mol. The highest BCUT2D eigenvalue weighted by atomic mass is 16.7. The fraction of sp³-hybridized carbons (Fsp3) is 0.714. The lowest BCUT2D eigenvalue weighted by Gasteiger charge is -2.42. The van der Waals surface area contributed by atoms with Crippen LogP contribution in [0.2, 0.25) is 0 Å². The number of allylic oxidation sites excluding steroid dienone is 2. The van der Waals surface area contributed by atoms with Crippen molar-refractivity contribution in [2.75, 3.05) is 13.7 Å². The normalized spacial score (nSPS) is 39.2. The fourth-order valence-corrected chi connectivity index (χ4v) is 5.06. The summed E-state index contributed by atoms with van der Waals surface area (Å²) in [6.07, 6.45) is 9.09. The maximum Gasteiger partial charge on any atom is 0.303 e. The third-order valence-electron chi connectivity index (χ3n) is 7.44. The summed E-state index contributed by atoms with van der Waals surface area (Å²) >= 11 is 0. The van der Waals surface area contributed by atoms with Crippen LogP contribution in [0.5, 0.6) is 0 Å². The number of amides is 1. The second-order valence-corrected chi connectivity index (χ2v) is 10.8. The molecule has 1 spiro atoms. The molecular weight excluding hydrogens is 478 g/mol. The number of methoxy groups -OCH3 is 1. The summed E-state index contributed by atoms with van der Waals surface area (Å²) in [6, 6.07) is -0.102. The van der Waals surface area contributed by atoms with E-state index in [2.05, 4.69) is 18.3 Å². The third kappa shape index (κ3) is 7.97. The predicted octanol–water partition coefficient (Wildman–Crippen LogP) is 2.97. The predicted molar refractivity (Wildman–Crippen MR) is 138 cm³/mol. The van der Waals surface area contributed by atoms with E-state index in [1.807, 2.05) is 32.9 Å². The van der Waals surface area contributed by atoms with Gasteiger partial charge < -0.3 is 34.1 Å². The molecule has 3 aliphatic heterocycles. The smallest absolute Gasteiger partial charge is 0.303 e. The molecule has 37 heavy (non-hydrogen) atoms. The van der Waals surface area contributed by atoms with E-state index in [1.165, 1.54) is 13.0 Å². The van der Waals surface area contributed by atoms with Gasteiger partial charge in [-0.2, -0.15) is 0 Å². The highest BCUT2D eigenvalue weighted by molar-refractivity contribution is 5.87. The monoisotopic (exact) mass is 521 g/mol. The van der Waals surface area contributed by atoms with Gasteiger partial charge in [-0.15, -0.1) is 0 Å². The zero-order valence-electron chi connectivity index (χ0n) is 23.1. The van der Waals surface area contributed by atoms with E-state index in [0.717, 1.165) is 18.4 Å². The van der Waals surface area contributed by atoms with Gasteiger partial charge in [-0.25, -0.2) is 0 Å². The Morgan fingerprint density at radius 2 is 1.95 bits per heavy atom. The van der Waals surface area contributed by atoms with Crippen molar-refractivity contribution < 1.29 is 38.4 Å². The Hall–Kier alpha value is -2.04. The molecule has 0 aromatic rings. The Labute approximate surface area is 220 Å². The Morgan fingerprint density at radius 3 is 2.57 bits per heavy atom. The van der Waals surface area contributed by atoms with E-state index in [9.17, 15) is 14.7 Å². The summed E-state index contributed by atoms with van der Waals surface area (Å²) in [5, 5.41) is 13.7. The third-order valence-corrected chi connectivity index (χ3v) is 7.44. The first-order valence-corrected chi connectivity index (χ1v) is 13.1. The molecular formula is C28H43NO8. The van der Waals surface area contributed by atoms with Gasteiger partial charge in [0, 0.05) is 26.5 Å². The van der Waals surface area contributed by atoms with Gasteiger partial charge in [0.25, 0.3) is 0 Å². The Balaban J connectivity index is 1.50. The van der Waals surface area contributed by atoms with Crippen LogP contribution in [0.4, 0.5) is 0 Å². The Bertz CT molecular complexity index is 910. The SMILES string of the molecule is CO[C@]1(C)C[C@@]2(CO2)[C@H](O)[C@@H](/C=C/C(C)=C/C[C@@H]2O[C@H](C)[C@H](NC(=O)/C=C/[C@H](C)OC(C)=O)C[C@@H]2C)O1. The standard InChI is InChI=1S/C28H43NO8/c1-17(9-12-24-26(32)28(16-34-28)15-27(6,33-7)37-24)8-11-23-18(2)14-22(20(4)36-23)29-25(31)13-10-19(3)35-21(5)30/h8-10,12-13,18-20,22-24,26,32H,11,14-16H2,1-7H3,(H,29,31)/b12-9+,13-10+,17-8+/t18-,19-,20+,22+,23-,24+,26+,27-,28+/m0/s1. The van der Waals surface area contributed by atoms with Crippen LogP contribution < -0.4 is 5.32 Å². The molecule has 3 saturated heterocycles. The fourth-order valence-electron chi connectivity index (χ4n) is 5.06. The molecule has 0 aliphatic carbocycles. The zero-order valence-corrected chi connectivity index (χ0v) is 23.1. The lowest BCUT2D eigenvalue weighted by atomic mass is 9.87. The van der Waals surface area contributed by atoms with Crippen LogP contribution in [0.25, 0.3) is 0 Å². The molecule has 0 bridgehead atoms. The van der Waals surface area contributed by atoms with Crippen LogP contribution in [0, 0.1) is 5.92 Å². The van der Waals surface area contributed by atoms with Gasteiger partial charge in [-0.1, -0.05) is 30.7 Å². The van der Waals surface area contributed by atoms with Crippen molar-refractivity contribution >= 4 is 11.9 Å². The van der Waals surface area contributed by atoms with E-state index in [0.29, 0.717) is 13.0 Å². The number of esters is 1. The largest absolute Gasteiger partial charge is 0.459 e. The minimum Gasteiger partial charge on any atom is -0.459 e. The van der Waals surface area contributed by atoms with Gasteiger partial charge in [0.15, 0.2) is 5.79 Å². The van der Waals surface area contributed by atoms with Crippen LogP contribution >= 0.6 is 0 Å². The first-order chi connectivity index (χ1) is 17.4. The molecule has 0 radical (unpaired) electrons. The number of aliphatic hydroxyl groups is 1. The number of ether oxygens (including phenoxy) is 5. The highest BCUT2D eigenvalue weighted by Gasteiger charge is 2.61. The summed E-state index contributed by atoms with van der Waals surface area (Å²) in [5.74, 6) is -1.18. The van der Waals surface area contributed by atoms with Crippen LogP contribution in [0.3, 0.4) is 0 Å². The number of carbonyl (C=O) groups is 2. The summed E-state index contributed by atoms with van der Waals surface area (Å²) in [7, 11) is 1.60. The molecule has 0 saturated carbocycles. The van der Waals surface area contributed by atoms with E-state index < -0.39 is 29.7 Å². The average Bonchev–Trinajstić information content (AvgIpc) is 3.59. The maximum atomic E-state index is 12.3. The molecule has 0 aromatic carbocycles. The lowest BCUT2D eigenvalue weighted by Crippen LogP contribution is -2.55. The van der Waals surface area contributed by atoms with Crippen molar-refractivity contribution in [2.24, 2.45) is 5.92 Å². The van der Waals surface area contributed by atoms with Crippen LogP contribution in [0.1, 0.15) is 60.8 Å². The topological polar surface area (TPSA) is 116 Å². The summed E-state index contributed by atoms with van der Waals surface area (Å²) in [6.45, 7) is 11.5.